The van der Waals surface area contributed by atoms with E-state index >= 15 is 0 Å². The van der Waals surface area contributed by atoms with Crippen molar-refractivity contribution in [1.29, 1.82) is 0 Å². The maximum Gasteiger partial charge on any atom is 0.219 e. The highest BCUT2D eigenvalue weighted by Crippen LogP contribution is 2.43. The molecule has 3 aliphatic rings. The average molecular weight is 449 g/mol. The summed E-state index contributed by atoms with van der Waals surface area (Å²) in [5.41, 5.74) is 12.7. The second-order valence-corrected chi connectivity index (χ2v) is 9.20. The molecule has 1 amide bonds. The molecule has 0 bridgehead atoms. The molecular formula is C25H32N6O2. The molecule has 33 heavy (non-hydrogen) atoms. The van der Waals surface area contributed by atoms with Gasteiger partial charge in [0.05, 0.1) is 25.8 Å². The van der Waals surface area contributed by atoms with Gasteiger partial charge in [-0.15, -0.1) is 0 Å². The van der Waals surface area contributed by atoms with Crippen LogP contribution in [0.25, 0.3) is 5.57 Å². The first-order valence-electron chi connectivity index (χ1n) is 11.7. The van der Waals surface area contributed by atoms with E-state index in [0.717, 1.165) is 42.9 Å². The Hall–Kier alpha value is -3.13. The highest BCUT2D eigenvalue weighted by atomic mass is 16.5. The van der Waals surface area contributed by atoms with E-state index in [1.165, 1.54) is 22.5 Å². The number of amides is 1. The average Bonchev–Trinajstić information content (AvgIpc) is 3.14. The van der Waals surface area contributed by atoms with Crippen molar-refractivity contribution in [2.24, 2.45) is 10.7 Å². The van der Waals surface area contributed by atoms with E-state index < -0.39 is 0 Å². The van der Waals surface area contributed by atoms with Crippen molar-refractivity contribution in [1.82, 2.24) is 14.7 Å². The highest BCUT2D eigenvalue weighted by molar-refractivity contribution is 6.09. The van der Waals surface area contributed by atoms with Crippen LogP contribution < -0.4 is 10.6 Å². The second-order valence-electron chi connectivity index (χ2n) is 9.20. The van der Waals surface area contributed by atoms with Crippen LogP contribution in [0, 0.1) is 0 Å². The minimum absolute atomic E-state index is 0.113. The number of ether oxygens (including phenoxy) is 1. The molecule has 0 spiro atoms. The van der Waals surface area contributed by atoms with Crippen molar-refractivity contribution in [2.45, 2.75) is 45.2 Å². The number of anilines is 2. The number of allylic oxidation sites excluding steroid dienone is 1. The number of hydrogen-bond acceptors (Lipinski definition) is 6. The van der Waals surface area contributed by atoms with Crippen molar-refractivity contribution < 1.29 is 9.53 Å². The van der Waals surface area contributed by atoms with Gasteiger partial charge in [0.15, 0.2) is 5.82 Å². The van der Waals surface area contributed by atoms with Crippen LogP contribution in [-0.4, -0.2) is 60.2 Å². The predicted molar refractivity (Wildman–Crippen MR) is 130 cm³/mol. The normalized spacial score (nSPS) is 21.2. The summed E-state index contributed by atoms with van der Waals surface area (Å²) < 4.78 is 7.64. The summed E-state index contributed by atoms with van der Waals surface area (Å²) in [5, 5.41) is 5.13. The Morgan fingerprint density at radius 2 is 2.12 bits per heavy atom. The largest absolute Gasteiger partial charge is 0.404 e. The number of carbonyl (C=O) groups is 1. The zero-order valence-corrected chi connectivity index (χ0v) is 19.6. The Balaban J connectivity index is 1.59. The van der Waals surface area contributed by atoms with Gasteiger partial charge in [-0.3, -0.25) is 14.5 Å². The summed E-state index contributed by atoms with van der Waals surface area (Å²) >= 11 is 0. The van der Waals surface area contributed by atoms with Gasteiger partial charge in [-0.2, -0.15) is 5.10 Å². The van der Waals surface area contributed by atoms with Gasteiger partial charge in [-0.05, 0) is 35.6 Å². The third-order valence-electron chi connectivity index (χ3n) is 7.15. The summed E-state index contributed by atoms with van der Waals surface area (Å²) in [4.78, 5) is 20.6. The summed E-state index contributed by atoms with van der Waals surface area (Å²) in [5.74, 6) is 1.52. The number of aliphatic imine (C=N–C) groups is 1. The van der Waals surface area contributed by atoms with Gasteiger partial charge >= 0.3 is 0 Å². The molecule has 3 aliphatic heterocycles. The van der Waals surface area contributed by atoms with Crippen LogP contribution in [0.4, 0.5) is 11.5 Å². The summed E-state index contributed by atoms with van der Waals surface area (Å²) in [6, 6.07) is 6.80. The summed E-state index contributed by atoms with van der Waals surface area (Å²) in [7, 11) is 1.75. The van der Waals surface area contributed by atoms with Crippen LogP contribution in [0.5, 0.6) is 0 Å². The number of aromatic nitrogens is 2. The molecule has 1 atom stereocenters. The molecule has 5 rings (SSSR count). The second kappa shape index (κ2) is 8.67. The van der Waals surface area contributed by atoms with Gasteiger partial charge in [0.25, 0.3) is 0 Å². The first-order valence-corrected chi connectivity index (χ1v) is 11.7. The van der Waals surface area contributed by atoms with Crippen LogP contribution in [0.15, 0.2) is 29.4 Å². The fourth-order valence-electron chi connectivity index (χ4n) is 5.13. The monoisotopic (exact) mass is 448 g/mol. The van der Waals surface area contributed by atoms with Crippen molar-refractivity contribution in [2.75, 3.05) is 38.3 Å². The lowest BCUT2D eigenvalue weighted by molar-refractivity contribution is -0.129. The van der Waals surface area contributed by atoms with Gasteiger partial charge < -0.3 is 20.3 Å². The first kappa shape index (κ1) is 21.7. The SMILES string of the molecule is CN=CC(=CN)c1ccc2c(c1)C(C)CCN2c1nn(C2COC2)c2c1CN(C(C)=O)CC2. The van der Waals surface area contributed by atoms with Gasteiger partial charge in [-0.1, -0.05) is 13.0 Å². The Kier molecular flexibility index (Phi) is 5.70. The number of rotatable bonds is 4. The fourth-order valence-corrected chi connectivity index (χ4v) is 5.13. The number of nitrogens with zero attached hydrogens (tertiary/aromatic N) is 5. The van der Waals surface area contributed by atoms with E-state index in [4.69, 9.17) is 15.6 Å². The molecule has 0 saturated carbocycles. The van der Waals surface area contributed by atoms with Crippen molar-refractivity contribution in [3.63, 3.8) is 0 Å². The molecular weight excluding hydrogens is 416 g/mol. The van der Waals surface area contributed by atoms with E-state index in [-0.39, 0.29) is 11.9 Å². The van der Waals surface area contributed by atoms with Crippen LogP contribution in [0.2, 0.25) is 0 Å². The Labute approximate surface area is 194 Å². The Morgan fingerprint density at radius 1 is 1.30 bits per heavy atom. The lowest BCUT2D eigenvalue weighted by Crippen LogP contribution is -2.37. The third-order valence-corrected chi connectivity index (χ3v) is 7.15. The molecule has 1 aromatic carbocycles. The first-order chi connectivity index (χ1) is 16.0. The molecule has 0 radical (unpaired) electrons. The molecule has 1 unspecified atom stereocenters. The molecule has 1 fully saturated rings. The van der Waals surface area contributed by atoms with Gasteiger partial charge in [0, 0.05) is 68.4 Å². The summed E-state index contributed by atoms with van der Waals surface area (Å²) in [6.07, 6.45) is 5.26. The lowest BCUT2D eigenvalue weighted by Gasteiger charge is -2.35. The van der Waals surface area contributed by atoms with E-state index in [9.17, 15) is 4.79 Å². The number of nitrogens with two attached hydrogens (primary N) is 1. The minimum atomic E-state index is 0.113. The number of hydrogen-bond donors (Lipinski definition) is 1. The van der Waals surface area contributed by atoms with Crippen molar-refractivity contribution >= 4 is 29.2 Å². The van der Waals surface area contributed by atoms with E-state index in [0.29, 0.717) is 25.7 Å². The third kappa shape index (κ3) is 3.72. The molecule has 4 heterocycles. The highest BCUT2D eigenvalue weighted by Gasteiger charge is 2.35. The summed E-state index contributed by atoms with van der Waals surface area (Å²) in [6.45, 7) is 7.58. The molecule has 8 heteroatoms. The molecule has 8 nitrogen and oxygen atoms in total. The van der Waals surface area contributed by atoms with E-state index in [1.807, 2.05) is 4.90 Å². The zero-order chi connectivity index (χ0) is 23.1. The van der Waals surface area contributed by atoms with E-state index in [2.05, 4.69) is 39.7 Å². The quantitative estimate of drug-likeness (QED) is 0.727. The Bertz CT molecular complexity index is 1130. The number of fused-ring (bicyclic) bond motifs is 2. The van der Waals surface area contributed by atoms with Gasteiger partial charge in [0.1, 0.15) is 0 Å². The number of carbonyl (C=O) groups excluding carboxylic acids is 1. The van der Waals surface area contributed by atoms with Gasteiger partial charge in [-0.25, -0.2) is 0 Å². The van der Waals surface area contributed by atoms with Crippen LogP contribution in [-0.2, 0) is 22.5 Å². The minimum Gasteiger partial charge on any atom is -0.404 e. The van der Waals surface area contributed by atoms with Crippen LogP contribution >= 0.6 is 0 Å². The smallest absolute Gasteiger partial charge is 0.219 e. The van der Waals surface area contributed by atoms with Crippen LogP contribution in [0.1, 0.15) is 54.6 Å². The maximum atomic E-state index is 12.2. The molecule has 1 saturated heterocycles. The van der Waals surface area contributed by atoms with Gasteiger partial charge in [0.2, 0.25) is 5.91 Å². The maximum absolute atomic E-state index is 12.2. The van der Waals surface area contributed by atoms with Crippen molar-refractivity contribution in [3.8, 4) is 0 Å². The molecule has 2 N–H and O–H groups in total. The Morgan fingerprint density at radius 3 is 2.79 bits per heavy atom. The molecule has 0 aliphatic carbocycles. The molecule has 2 aromatic rings. The lowest BCUT2D eigenvalue weighted by atomic mass is 9.88. The standard InChI is InChI=1S/C25H32N6O2/c1-16-6-9-30(23-5-4-18(10-21(16)23)19(11-26)12-27-3)25-22-13-29(17(2)32)8-7-24(22)31(28-25)20-14-33-15-20/h4-5,10-12,16,20H,6-9,13-15,26H2,1-3H3. The molecule has 174 valence electrons. The fraction of sp³-hybridized carbons (Fsp3) is 0.480. The van der Waals surface area contributed by atoms with Crippen molar-refractivity contribution in [3.05, 3.63) is 46.8 Å². The number of benzene rings is 1. The zero-order valence-electron chi connectivity index (χ0n) is 19.6. The van der Waals surface area contributed by atoms with Crippen LogP contribution in [0.3, 0.4) is 0 Å². The van der Waals surface area contributed by atoms with E-state index in [1.54, 1.807) is 26.4 Å². The predicted octanol–water partition coefficient (Wildman–Crippen LogP) is 3.00. The molecule has 1 aromatic heterocycles. The topological polar surface area (TPSA) is 89.0 Å².